The van der Waals surface area contributed by atoms with Gasteiger partial charge in [-0.25, -0.2) is 0 Å². The average Bonchev–Trinajstić information content (AvgIpc) is 1.94. The molecule has 0 bridgehead atoms. The van der Waals surface area contributed by atoms with Gasteiger partial charge in [-0.3, -0.25) is 0 Å². The summed E-state index contributed by atoms with van der Waals surface area (Å²) in [5.74, 6) is 0. The molecule has 1 atom stereocenters. The van der Waals surface area contributed by atoms with E-state index in [0.29, 0.717) is 4.83 Å². The van der Waals surface area contributed by atoms with Crippen LogP contribution in [0.25, 0.3) is 0 Å². The molecule has 0 fully saturated rings. The van der Waals surface area contributed by atoms with Crippen LogP contribution in [0.3, 0.4) is 0 Å². The molecule has 0 heterocycles. The first kappa shape index (κ1) is 9.08. The van der Waals surface area contributed by atoms with Gasteiger partial charge in [0.2, 0.25) is 0 Å². The molecule has 1 unspecified atom stereocenters. The Hall–Kier alpha value is -0.0100. The Bertz CT molecular complexity index is 256. The van der Waals surface area contributed by atoms with Crippen LogP contribution < -0.4 is 0 Å². The standard InChI is InChI=1S/C9H10BrCl/c1-6-4-3-5-8(7(2)10)9(6)11/h3-5,7H,1-2H3. The fourth-order valence-corrected chi connectivity index (χ4v) is 1.78. The van der Waals surface area contributed by atoms with E-state index < -0.39 is 0 Å². The minimum Gasteiger partial charge on any atom is -0.0841 e. The molecule has 0 spiro atoms. The molecule has 0 saturated heterocycles. The van der Waals surface area contributed by atoms with Crippen molar-refractivity contribution in [2.45, 2.75) is 18.7 Å². The summed E-state index contributed by atoms with van der Waals surface area (Å²) < 4.78 is 0. The van der Waals surface area contributed by atoms with Crippen LogP contribution in [-0.2, 0) is 0 Å². The molecule has 1 aromatic carbocycles. The lowest BCUT2D eigenvalue weighted by Gasteiger charge is -2.07. The summed E-state index contributed by atoms with van der Waals surface area (Å²) >= 11 is 9.54. The smallest absolute Gasteiger partial charge is 0.0478 e. The molecule has 0 aliphatic rings. The van der Waals surface area contributed by atoms with Crippen LogP contribution in [0, 0.1) is 6.92 Å². The normalized spacial score (nSPS) is 13.1. The highest BCUT2D eigenvalue weighted by molar-refractivity contribution is 9.09. The lowest BCUT2D eigenvalue weighted by molar-refractivity contribution is 1.12. The number of aryl methyl sites for hydroxylation is 1. The Kier molecular flexibility index (Phi) is 2.97. The van der Waals surface area contributed by atoms with Gasteiger partial charge < -0.3 is 0 Å². The topological polar surface area (TPSA) is 0 Å². The number of alkyl halides is 1. The van der Waals surface area contributed by atoms with Gasteiger partial charge in [-0.2, -0.15) is 0 Å². The van der Waals surface area contributed by atoms with Gasteiger partial charge in [0, 0.05) is 9.85 Å². The third-order valence-electron chi connectivity index (χ3n) is 1.65. The Morgan fingerprint density at radius 1 is 1.45 bits per heavy atom. The van der Waals surface area contributed by atoms with Crippen molar-refractivity contribution in [3.8, 4) is 0 Å². The van der Waals surface area contributed by atoms with Gasteiger partial charge >= 0.3 is 0 Å². The predicted octanol–water partition coefficient (Wildman–Crippen LogP) is 4.10. The lowest BCUT2D eigenvalue weighted by Crippen LogP contribution is -1.87. The van der Waals surface area contributed by atoms with Crippen molar-refractivity contribution in [1.82, 2.24) is 0 Å². The quantitative estimate of drug-likeness (QED) is 0.641. The summed E-state index contributed by atoms with van der Waals surface area (Å²) in [6, 6.07) is 6.07. The molecule has 1 rings (SSSR count). The SMILES string of the molecule is Cc1cccc(C(C)Br)c1Cl. The van der Waals surface area contributed by atoms with Crippen molar-refractivity contribution in [3.05, 3.63) is 34.3 Å². The fourth-order valence-electron chi connectivity index (χ4n) is 0.977. The van der Waals surface area contributed by atoms with Crippen LogP contribution in [0.1, 0.15) is 22.9 Å². The molecule has 0 aliphatic carbocycles. The zero-order valence-electron chi connectivity index (χ0n) is 6.57. The Morgan fingerprint density at radius 3 is 2.55 bits per heavy atom. The molecule has 0 radical (unpaired) electrons. The van der Waals surface area contributed by atoms with Crippen molar-refractivity contribution in [1.29, 1.82) is 0 Å². The van der Waals surface area contributed by atoms with E-state index in [2.05, 4.69) is 22.9 Å². The monoisotopic (exact) mass is 232 g/mol. The van der Waals surface area contributed by atoms with E-state index >= 15 is 0 Å². The van der Waals surface area contributed by atoms with Crippen molar-refractivity contribution in [3.63, 3.8) is 0 Å². The third-order valence-corrected chi connectivity index (χ3v) is 2.66. The molecular formula is C9H10BrCl. The molecule has 0 amide bonds. The van der Waals surface area contributed by atoms with E-state index in [9.17, 15) is 0 Å². The highest BCUT2D eigenvalue weighted by Crippen LogP contribution is 2.30. The van der Waals surface area contributed by atoms with E-state index in [-0.39, 0.29) is 0 Å². The zero-order chi connectivity index (χ0) is 8.43. The maximum Gasteiger partial charge on any atom is 0.0478 e. The third kappa shape index (κ3) is 1.97. The van der Waals surface area contributed by atoms with Gasteiger partial charge in [-0.1, -0.05) is 45.7 Å². The Balaban J connectivity index is 3.17. The first-order chi connectivity index (χ1) is 5.13. The van der Waals surface area contributed by atoms with E-state index in [0.717, 1.165) is 16.1 Å². The van der Waals surface area contributed by atoms with Crippen LogP contribution in [0.5, 0.6) is 0 Å². The zero-order valence-corrected chi connectivity index (χ0v) is 8.91. The molecule has 0 nitrogen and oxygen atoms in total. The molecule has 0 N–H and O–H groups in total. The molecular weight excluding hydrogens is 223 g/mol. The minimum atomic E-state index is 0.329. The second kappa shape index (κ2) is 3.59. The molecule has 2 heteroatoms. The fraction of sp³-hybridized carbons (Fsp3) is 0.333. The highest BCUT2D eigenvalue weighted by Gasteiger charge is 2.06. The Morgan fingerprint density at radius 2 is 2.09 bits per heavy atom. The predicted molar refractivity (Wildman–Crippen MR) is 53.5 cm³/mol. The minimum absolute atomic E-state index is 0.329. The molecule has 0 aromatic heterocycles. The summed E-state index contributed by atoms with van der Waals surface area (Å²) in [5.41, 5.74) is 2.29. The largest absolute Gasteiger partial charge is 0.0841 e. The van der Waals surface area contributed by atoms with Gasteiger partial charge in [0.25, 0.3) is 0 Å². The van der Waals surface area contributed by atoms with Gasteiger partial charge in [-0.05, 0) is 25.0 Å². The first-order valence-corrected chi connectivity index (χ1v) is 4.81. The summed E-state index contributed by atoms with van der Waals surface area (Å²) in [4.78, 5) is 0.329. The van der Waals surface area contributed by atoms with E-state index in [1.54, 1.807) is 0 Å². The van der Waals surface area contributed by atoms with E-state index in [1.165, 1.54) is 0 Å². The number of rotatable bonds is 1. The van der Waals surface area contributed by atoms with Crippen LogP contribution in [0.4, 0.5) is 0 Å². The molecule has 0 aliphatic heterocycles. The van der Waals surface area contributed by atoms with Crippen LogP contribution in [-0.4, -0.2) is 0 Å². The average molecular weight is 234 g/mol. The second-order valence-electron chi connectivity index (χ2n) is 2.59. The first-order valence-electron chi connectivity index (χ1n) is 3.52. The van der Waals surface area contributed by atoms with Gasteiger partial charge in [0.1, 0.15) is 0 Å². The second-order valence-corrected chi connectivity index (χ2v) is 4.35. The summed E-state index contributed by atoms with van der Waals surface area (Å²) in [6.07, 6.45) is 0. The number of halogens is 2. The van der Waals surface area contributed by atoms with E-state index in [1.807, 2.05) is 25.1 Å². The molecule has 1 aromatic rings. The summed E-state index contributed by atoms with van der Waals surface area (Å²) in [6.45, 7) is 4.09. The number of hydrogen-bond donors (Lipinski definition) is 0. The summed E-state index contributed by atoms with van der Waals surface area (Å²) in [5, 5.41) is 0.872. The van der Waals surface area contributed by atoms with Crippen molar-refractivity contribution >= 4 is 27.5 Å². The van der Waals surface area contributed by atoms with Crippen molar-refractivity contribution < 1.29 is 0 Å². The van der Waals surface area contributed by atoms with Gasteiger partial charge in [-0.15, -0.1) is 0 Å². The number of hydrogen-bond acceptors (Lipinski definition) is 0. The van der Waals surface area contributed by atoms with Crippen LogP contribution in [0.15, 0.2) is 18.2 Å². The van der Waals surface area contributed by atoms with Gasteiger partial charge in [0.05, 0.1) is 0 Å². The maximum atomic E-state index is 6.06. The van der Waals surface area contributed by atoms with Crippen molar-refractivity contribution in [2.75, 3.05) is 0 Å². The van der Waals surface area contributed by atoms with E-state index in [4.69, 9.17) is 11.6 Å². The highest BCUT2D eigenvalue weighted by atomic mass is 79.9. The van der Waals surface area contributed by atoms with Crippen molar-refractivity contribution in [2.24, 2.45) is 0 Å². The van der Waals surface area contributed by atoms with Gasteiger partial charge in [0.15, 0.2) is 0 Å². The molecule has 60 valence electrons. The number of benzene rings is 1. The molecule has 11 heavy (non-hydrogen) atoms. The summed E-state index contributed by atoms with van der Waals surface area (Å²) in [7, 11) is 0. The maximum absolute atomic E-state index is 6.06. The Labute approximate surface area is 80.7 Å². The lowest BCUT2D eigenvalue weighted by atomic mass is 10.1. The van der Waals surface area contributed by atoms with Crippen LogP contribution in [0.2, 0.25) is 5.02 Å². The van der Waals surface area contributed by atoms with Crippen LogP contribution >= 0.6 is 27.5 Å². The molecule has 0 saturated carbocycles.